The molecule has 0 radical (unpaired) electrons. The summed E-state index contributed by atoms with van der Waals surface area (Å²) in [5, 5.41) is 4.41. The maximum Gasteiger partial charge on any atom is 0.0538 e. The number of likely N-dealkylation sites (N-methyl/N-ethyl adjacent to an activating group) is 1. The Kier molecular flexibility index (Phi) is 4.40. The van der Waals surface area contributed by atoms with Gasteiger partial charge in [0.15, 0.2) is 0 Å². The average molecular weight is 250 g/mol. The lowest BCUT2D eigenvalue weighted by Crippen LogP contribution is -2.36. The standard InChI is InChI=1S/C14H26N4/c1-11(2)18-10-13(8-16-18)14(7-15)17(3)9-12-5-4-6-12/h8,10-12,14H,4-7,9,15H2,1-3H3. The Balaban J connectivity index is 2.01. The number of hydrogen-bond donors (Lipinski definition) is 1. The molecule has 0 saturated heterocycles. The van der Waals surface area contributed by atoms with Gasteiger partial charge in [0, 0.05) is 36.9 Å². The van der Waals surface area contributed by atoms with Crippen LogP contribution in [0.25, 0.3) is 0 Å². The van der Waals surface area contributed by atoms with Gasteiger partial charge in [0.2, 0.25) is 0 Å². The molecular formula is C14H26N4. The van der Waals surface area contributed by atoms with Gasteiger partial charge in [0.1, 0.15) is 0 Å². The van der Waals surface area contributed by atoms with Crippen LogP contribution in [-0.2, 0) is 0 Å². The molecule has 1 atom stereocenters. The van der Waals surface area contributed by atoms with E-state index in [1.165, 1.54) is 24.8 Å². The van der Waals surface area contributed by atoms with Gasteiger partial charge in [-0.1, -0.05) is 6.42 Å². The van der Waals surface area contributed by atoms with Crippen LogP contribution in [0.15, 0.2) is 12.4 Å². The van der Waals surface area contributed by atoms with Crippen molar-refractivity contribution in [3.05, 3.63) is 18.0 Å². The predicted molar refractivity (Wildman–Crippen MR) is 74.4 cm³/mol. The van der Waals surface area contributed by atoms with Gasteiger partial charge in [-0.05, 0) is 39.7 Å². The van der Waals surface area contributed by atoms with E-state index in [0.29, 0.717) is 18.6 Å². The third-order valence-electron chi connectivity index (χ3n) is 4.06. The van der Waals surface area contributed by atoms with Crippen LogP contribution in [0.5, 0.6) is 0 Å². The second-order valence-electron chi connectivity index (χ2n) is 5.84. The molecule has 1 fully saturated rings. The SMILES string of the molecule is CC(C)n1cc(C(CN)N(C)CC2CCC2)cn1. The number of rotatable bonds is 6. The zero-order valence-electron chi connectivity index (χ0n) is 11.8. The maximum absolute atomic E-state index is 5.95. The Morgan fingerprint density at radius 3 is 2.67 bits per heavy atom. The third-order valence-corrected chi connectivity index (χ3v) is 4.06. The Hall–Kier alpha value is -0.870. The largest absolute Gasteiger partial charge is 0.329 e. The Morgan fingerprint density at radius 1 is 1.50 bits per heavy atom. The minimum absolute atomic E-state index is 0.304. The van der Waals surface area contributed by atoms with E-state index in [1.807, 2.05) is 10.9 Å². The summed E-state index contributed by atoms with van der Waals surface area (Å²) < 4.78 is 2.01. The molecule has 1 aromatic heterocycles. The van der Waals surface area contributed by atoms with Crippen molar-refractivity contribution < 1.29 is 0 Å². The van der Waals surface area contributed by atoms with E-state index in [4.69, 9.17) is 5.73 Å². The molecular weight excluding hydrogens is 224 g/mol. The summed E-state index contributed by atoms with van der Waals surface area (Å²) >= 11 is 0. The number of aromatic nitrogens is 2. The van der Waals surface area contributed by atoms with Gasteiger partial charge in [-0.3, -0.25) is 9.58 Å². The number of hydrogen-bond acceptors (Lipinski definition) is 3. The fourth-order valence-electron chi connectivity index (χ4n) is 2.59. The van der Waals surface area contributed by atoms with Gasteiger partial charge < -0.3 is 5.73 Å². The average Bonchev–Trinajstić information content (AvgIpc) is 2.74. The van der Waals surface area contributed by atoms with Crippen molar-refractivity contribution in [3.63, 3.8) is 0 Å². The van der Waals surface area contributed by atoms with Gasteiger partial charge in [0.05, 0.1) is 6.20 Å². The van der Waals surface area contributed by atoms with Gasteiger partial charge in [-0.2, -0.15) is 5.10 Å². The van der Waals surface area contributed by atoms with E-state index in [0.717, 1.165) is 12.5 Å². The molecule has 0 spiro atoms. The highest BCUT2D eigenvalue weighted by atomic mass is 15.3. The lowest BCUT2D eigenvalue weighted by molar-refractivity contribution is 0.165. The zero-order valence-corrected chi connectivity index (χ0v) is 11.8. The Morgan fingerprint density at radius 2 is 2.22 bits per heavy atom. The van der Waals surface area contributed by atoms with Crippen LogP contribution in [0.2, 0.25) is 0 Å². The van der Waals surface area contributed by atoms with Crippen LogP contribution >= 0.6 is 0 Å². The molecule has 1 aromatic rings. The quantitative estimate of drug-likeness (QED) is 0.842. The molecule has 1 heterocycles. The highest BCUT2D eigenvalue weighted by Gasteiger charge is 2.24. The van der Waals surface area contributed by atoms with Crippen molar-refractivity contribution >= 4 is 0 Å². The number of nitrogens with zero attached hydrogens (tertiary/aromatic N) is 3. The smallest absolute Gasteiger partial charge is 0.0538 e. The fourth-order valence-corrected chi connectivity index (χ4v) is 2.59. The maximum atomic E-state index is 5.95. The summed E-state index contributed by atoms with van der Waals surface area (Å²) in [5.41, 5.74) is 7.19. The summed E-state index contributed by atoms with van der Waals surface area (Å²) in [5.74, 6) is 0.879. The second-order valence-corrected chi connectivity index (χ2v) is 5.84. The van der Waals surface area contributed by atoms with Crippen LogP contribution in [0, 0.1) is 5.92 Å². The molecule has 102 valence electrons. The Bertz CT molecular complexity index is 368. The first-order valence-electron chi connectivity index (χ1n) is 7.06. The first-order valence-corrected chi connectivity index (χ1v) is 7.06. The second kappa shape index (κ2) is 5.85. The monoisotopic (exact) mass is 250 g/mol. The van der Waals surface area contributed by atoms with Crippen molar-refractivity contribution in [3.8, 4) is 0 Å². The topological polar surface area (TPSA) is 47.1 Å². The minimum atomic E-state index is 0.304. The predicted octanol–water partition coefficient (Wildman–Crippen LogP) is 2.20. The normalized spacial score (nSPS) is 18.3. The van der Waals surface area contributed by atoms with Crippen molar-refractivity contribution in [1.82, 2.24) is 14.7 Å². The Labute approximate surface area is 110 Å². The van der Waals surface area contributed by atoms with Gasteiger partial charge in [0.25, 0.3) is 0 Å². The van der Waals surface area contributed by atoms with E-state index in [-0.39, 0.29) is 0 Å². The zero-order chi connectivity index (χ0) is 13.1. The first kappa shape index (κ1) is 13.6. The summed E-state index contributed by atoms with van der Waals surface area (Å²) in [6.45, 7) is 6.11. The van der Waals surface area contributed by atoms with E-state index in [9.17, 15) is 0 Å². The van der Waals surface area contributed by atoms with Crippen LogP contribution in [0.1, 0.15) is 50.8 Å². The van der Waals surface area contributed by atoms with Gasteiger partial charge in [-0.25, -0.2) is 0 Å². The highest BCUT2D eigenvalue weighted by molar-refractivity contribution is 5.11. The van der Waals surface area contributed by atoms with Crippen LogP contribution in [-0.4, -0.2) is 34.8 Å². The summed E-state index contributed by atoms with van der Waals surface area (Å²) in [7, 11) is 2.18. The van der Waals surface area contributed by atoms with Crippen molar-refractivity contribution in [2.75, 3.05) is 20.1 Å². The third kappa shape index (κ3) is 2.93. The molecule has 4 nitrogen and oxygen atoms in total. The van der Waals surface area contributed by atoms with E-state index >= 15 is 0 Å². The van der Waals surface area contributed by atoms with E-state index in [1.54, 1.807) is 0 Å². The minimum Gasteiger partial charge on any atom is -0.329 e. The van der Waals surface area contributed by atoms with Crippen LogP contribution in [0.4, 0.5) is 0 Å². The molecule has 0 aromatic carbocycles. The molecule has 1 unspecified atom stereocenters. The lowest BCUT2D eigenvalue weighted by Gasteiger charge is -2.34. The molecule has 2 rings (SSSR count). The van der Waals surface area contributed by atoms with Crippen molar-refractivity contribution in [2.24, 2.45) is 11.7 Å². The molecule has 0 bridgehead atoms. The molecule has 18 heavy (non-hydrogen) atoms. The molecule has 0 aliphatic heterocycles. The van der Waals surface area contributed by atoms with Crippen LogP contribution < -0.4 is 5.73 Å². The molecule has 1 aliphatic carbocycles. The first-order chi connectivity index (χ1) is 8.61. The van der Waals surface area contributed by atoms with E-state index in [2.05, 4.69) is 37.1 Å². The molecule has 2 N–H and O–H groups in total. The summed E-state index contributed by atoms with van der Waals surface area (Å²) in [6.07, 6.45) is 8.27. The van der Waals surface area contributed by atoms with Gasteiger partial charge in [-0.15, -0.1) is 0 Å². The summed E-state index contributed by atoms with van der Waals surface area (Å²) in [6, 6.07) is 0.715. The van der Waals surface area contributed by atoms with Crippen molar-refractivity contribution in [2.45, 2.75) is 45.2 Å². The van der Waals surface area contributed by atoms with Crippen molar-refractivity contribution in [1.29, 1.82) is 0 Å². The molecule has 1 saturated carbocycles. The highest BCUT2D eigenvalue weighted by Crippen LogP contribution is 2.29. The number of nitrogens with two attached hydrogens (primary N) is 1. The lowest BCUT2D eigenvalue weighted by atomic mass is 9.85. The van der Waals surface area contributed by atoms with E-state index < -0.39 is 0 Å². The fraction of sp³-hybridized carbons (Fsp3) is 0.786. The molecule has 1 aliphatic rings. The summed E-state index contributed by atoms with van der Waals surface area (Å²) in [4.78, 5) is 2.39. The van der Waals surface area contributed by atoms with Crippen LogP contribution in [0.3, 0.4) is 0 Å². The van der Waals surface area contributed by atoms with Gasteiger partial charge >= 0.3 is 0 Å². The molecule has 4 heteroatoms. The molecule has 0 amide bonds.